The van der Waals surface area contributed by atoms with E-state index in [9.17, 15) is 4.79 Å². The number of nitrogens with zero attached hydrogens (tertiary/aromatic N) is 1. The highest BCUT2D eigenvalue weighted by Crippen LogP contribution is 2.17. The van der Waals surface area contributed by atoms with Crippen LogP contribution in [0.3, 0.4) is 0 Å². The molecule has 1 heterocycles. The van der Waals surface area contributed by atoms with Gasteiger partial charge in [-0.25, -0.2) is 4.79 Å². The van der Waals surface area contributed by atoms with Gasteiger partial charge in [0.25, 0.3) is 0 Å². The van der Waals surface area contributed by atoms with E-state index in [4.69, 9.17) is 0 Å². The molecule has 4 heteroatoms. The number of halogens is 1. The third-order valence-electron chi connectivity index (χ3n) is 3.32. The van der Waals surface area contributed by atoms with Crippen molar-refractivity contribution in [3.63, 3.8) is 0 Å². The SMILES string of the molecule is CC1CCCN(C(=O)N/C=C/c2ccccc2Br)C1. The average Bonchev–Trinajstić information content (AvgIpc) is 2.41. The van der Waals surface area contributed by atoms with E-state index in [0.717, 1.165) is 29.5 Å². The molecule has 0 spiro atoms. The van der Waals surface area contributed by atoms with Crippen molar-refractivity contribution in [2.75, 3.05) is 13.1 Å². The van der Waals surface area contributed by atoms with E-state index in [0.29, 0.717) is 5.92 Å². The van der Waals surface area contributed by atoms with Gasteiger partial charge in [0.05, 0.1) is 0 Å². The van der Waals surface area contributed by atoms with Crippen molar-refractivity contribution in [1.29, 1.82) is 0 Å². The fourth-order valence-electron chi connectivity index (χ4n) is 2.28. The second-order valence-electron chi connectivity index (χ2n) is 5.00. The molecule has 1 aromatic rings. The van der Waals surface area contributed by atoms with E-state index in [2.05, 4.69) is 28.2 Å². The first-order chi connectivity index (χ1) is 9.16. The minimum absolute atomic E-state index is 0.00477. The number of benzene rings is 1. The Morgan fingerprint density at radius 1 is 1.47 bits per heavy atom. The van der Waals surface area contributed by atoms with Crippen molar-refractivity contribution in [3.05, 3.63) is 40.5 Å². The highest BCUT2D eigenvalue weighted by atomic mass is 79.9. The van der Waals surface area contributed by atoms with Gasteiger partial charge in [0.1, 0.15) is 0 Å². The minimum Gasteiger partial charge on any atom is -0.324 e. The van der Waals surface area contributed by atoms with Crippen LogP contribution in [0.25, 0.3) is 6.08 Å². The summed E-state index contributed by atoms with van der Waals surface area (Å²) >= 11 is 3.47. The van der Waals surface area contributed by atoms with Gasteiger partial charge in [-0.3, -0.25) is 0 Å². The molecule has 1 N–H and O–H groups in total. The van der Waals surface area contributed by atoms with E-state index in [1.165, 1.54) is 6.42 Å². The van der Waals surface area contributed by atoms with Gasteiger partial charge >= 0.3 is 6.03 Å². The Morgan fingerprint density at radius 2 is 2.26 bits per heavy atom. The molecule has 19 heavy (non-hydrogen) atoms. The normalized spacial score (nSPS) is 19.7. The Balaban J connectivity index is 1.88. The highest BCUT2D eigenvalue weighted by molar-refractivity contribution is 9.10. The molecular weight excluding hydrogens is 304 g/mol. The van der Waals surface area contributed by atoms with E-state index in [1.807, 2.05) is 35.2 Å². The predicted octanol–water partition coefficient (Wildman–Crippen LogP) is 3.86. The highest BCUT2D eigenvalue weighted by Gasteiger charge is 2.19. The van der Waals surface area contributed by atoms with Crippen LogP contribution in [0.15, 0.2) is 34.9 Å². The van der Waals surface area contributed by atoms with Gasteiger partial charge in [-0.1, -0.05) is 41.1 Å². The first-order valence-electron chi connectivity index (χ1n) is 6.63. The molecule has 1 atom stereocenters. The zero-order valence-electron chi connectivity index (χ0n) is 11.1. The fourth-order valence-corrected chi connectivity index (χ4v) is 2.70. The minimum atomic E-state index is -0.00477. The predicted molar refractivity (Wildman–Crippen MR) is 81.7 cm³/mol. The van der Waals surface area contributed by atoms with Gasteiger partial charge in [-0.05, 0) is 36.5 Å². The summed E-state index contributed by atoms with van der Waals surface area (Å²) in [5, 5.41) is 2.83. The first kappa shape index (κ1) is 14.1. The standard InChI is InChI=1S/C15H19BrN2O/c1-12-5-4-10-18(11-12)15(19)17-9-8-13-6-2-3-7-14(13)16/h2-3,6-9,12H,4-5,10-11H2,1H3,(H,17,19)/b9-8+. The van der Waals surface area contributed by atoms with Crippen molar-refractivity contribution >= 4 is 28.0 Å². The molecule has 0 aliphatic carbocycles. The summed E-state index contributed by atoms with van der Waals surface area (Å²) in [6.07, 6.45) is 5.93. The number of rotatable bonds is 2. The van der Waals surface area contributed by atoms with E-state index < -0.39 is 0 Å². The molecule has 1 aromatic carbocycles. The van der Waals surface area contributed by atoms with Crippen LogP contribution in [-0.2, 0) is 0 Å². The average molecular weight is 323 g/mol. The lowest BCUT2D eigenvalue weighted by Gasteiger charge is -2.30. The fraction of sp³-hybridized carbons (Fsp3) is 0.400. The van der Waals surface area contributed by atoms with E-state index in [1.54, 1.807) is 6.20 Å². The van der Waals surface area contributed by atoms with Crippen LogP contribution in [0.2, 0.25) is 0 Å². The molecule has 3 nitrogen and oxygen atoms in total. The van der Waals surface area contributed by atoms with Crippen molar-refractivity contribution < 1.29 is 4.79 Å². The number of hydrogen-bond donors (Lipinski definition) is 1. The van der Waals surface area contributed by atoms with Gasteiger partial charge in [0.15, 0.2) is 0 Å². The van der Waals surface area contributed by atoms with E-state index in [-0.39, 0.29) is 6.03 Å². The lowest BCUT2D eigenvalue weighted by atomic mass is 10.0. The zero-order chi connectivity index (χ0) is 13.7. The van der Waals surface area contributed by atoms with Crippen LogP contribution in [0.1, 0.15) is 25.3 Å². The molecule has 1 unspecified atom stereocenters. The number of urea groups is 1. The Morgan fingerprint density at radius 3 is 3.00 bits per heavy atom. The second-order valence-corrected chi connectivity index (χ2v) is 5.85. The number of likely N-dealkylation sites (tertiary alicyclic amines) is 1. The summed E-state index contributed by atoms with van der Waals surface area (Å²) in [5.41, 5.74) is 1.05. The summed E-state index contributed by atoms with van der Waals surface area (Å²) in [5.74, 6) is 0.603. The van der Waals surface area contributed by atoms with Gasteiger partial charge < -0.3 is 10.2 Å². The maximum atomic E-state index is 12.0. The van der Waals surface area contributed by atoms with Crippen LogP contribution in [-0.4, -0.2) is 24.0 Å². The molecule has 2 rings (SSSR count). The van der Waals surface area contributed by atoms with Gasteiger partial charge in [-0.15, -0.1) is 0 Å². The number of nitrogens with one attached hydrogen (secondary N) is 1. The quantitative estimate of drug-likeness (QED) is 0.881. The molecule has 0 saturated carbocycles. The largest absolute Gasteiger partial charge is 0.324 e. The topological polar surface area (TPSA) is 32.3 Å². The van der Waals surface area contributed by atoms with Gasteiger partial charge in [-0.2, -0.15) is 0 Å². The first-order valence-corrected chi connectivity index (χ1v) is 7.42. The van der Waals surface area contributed by atoms with Crippen LogP contribution in [0, 0.1) is 5.92 Å². The molecule has 0 aromatic heterocycles. The number of carbonyl (C=O) groups excluding carboxylic acids is 1. The third-order valence-corrected chi connectivity index (χ3v) is 4.04. The molecule has 102 valence electrons. The molecule has 0 bridgehead atoms. The number of carbonyl (C=O) groups is 1. The van der Waals surface area contributed by atoms with Crippen molar-refractivity contribution in [3.8, 4) is 0 Å². The molecular formula is C15H19BrN2O. The Bertz CT molecular complexity index is 473. The number of amides is 2. The molecule has 1 saturated heterocycles. The molecule has 0 radical (unpaired) electrons. The maximum Gasteiger partial charge on any atom is 0.321 e. The smallest absolute Gasteiger partial charge is 0.321 e. The summed E-state index contributed by atoms with van der Waals surface area (Å²) in [7, 11) is 0. The van der Waals surface area contributed by atoms with Gasteiger partial charge in [0.2, 0.25) is 0 Å². The Kier molecular flexibility index (Phi) is 5.02. The van der Waals surface area contributed by atoms with Crippen molar-refractivity contribution in [2.45, 2.75) is 19.8 Å². The monoisotopic (exact) mass is 322 g/mol. The van der Waals surface area contributed by atoms with Crippen LogP contribution >= 0.6 is 15.9 Å². The lowest BCUT2D eigenvalue weighted by molar-refractivity contribution is 0.173. The van der Waals surface area contributed by atoms with Gasteiger partial charge in [0, 0.05) is 23.8 Å². The van der Waals surface area contributed by atoms with Crippen LogP contribution in [0.4, 0.5) is 4.79 Å². The van der Waals surface area contributed by atoms with Crippen molar-refractivity contribution in [2.24, 2.45) is 5.92 Å². The number of hydrogen-bond acceptors (Lipinski definition) is 1. The number of piperidine rings is 1. The van der Waals surface area contributed by atoms with E-state index >= 15 is 0 Å². The summed E-state index contributed by atoms with van der Waals surface area (Å²) in [6.45, 7) is 3.91. The maximum absolute atomic E-state index is 12.0. The zero-order valence-corrected chi connectivity index (χ0v) is 12.7. The molecule has 2 amide bonds. The molecule has 1 aliphatic heterocycles. The van der Waals surface area contributed by atoms with Crippen LogP contribution < -0.4 is 5.32 Å². The lowest BCUT2D eigenvalue weighted by Crippen LogP contribution is -2.43. The third kappa shape index (κ3) is 4.10. The Hall–Kier alpha value is -1.29. The summed E-state index contributed by atoms with van der Waals surface area (Å²) in [4.78, 5) is 13.9. The Labute approximate surface area is 122 Å². The second kappa shape index (κ2) is 6.75. The summed E-state index contributed by atoms with van der Waals surface area (Å²) < 4.78 is 1.02. The molecule has 1 fully saturated rings. The van der Waals surface area contributed by atoms with Crippen LogP contribution in [0.5, 0.6) is 0 Å². The molecule has 1 aliphatic rings. The van der Waals surface area contributed by atoms with Crippen molar-refractivity contribution in [1.82, 2.24) is 10.2 Å². The summed E-state index contributed by atoms with van der Waals surface area (Å²) in [6, 6.07) is 7.91.